The summed E-state index contributed by atoms with van der Waals surface area (Å²) in [5, 5.41) is 0. The Hall–Kier alpha value is -1.52. The van der Waals surface area contributed by atoms with E-state index in [0.717, 1.165) is 15.6 Å². The van der Waals surface area contributed by atoms with Crippen LogP contribution in [0.5, 0.6) is 0 Å². The van der Waals surface area contributed by atoms with Crippen molar-refractivity contribution in [1.82, 2.24) is 0 Å². The molecule has 15 heavy (non-hydrogen) atoms. The van der Waals surface area contributed by atoms with Crippen LogP contribution in [-0.2, 0) is 0 Å². The summed E-state index contributed by atoms with van der Waals surface area (Å²) in [4.78, 5) is 0. The van der Waals surface area contributed by atoms with Crippen molar-refractivity contribution in [2.24, 2.45) is 0 Å². The first-order chi connectivity index (χ1) is 7.29. The monoisotopic (exact) mass is 256 g/mol. The quantitative estimate of drug-likeness (QED) is 0.675. The van der Waals surface area contributed by atoms with Crippen LogP contribution in [0.4, 0.5) is 0 Å². The van der Waals surface area contributed by atoms with Gasteiger partial charge in [0.2, 0.25) is 0 Å². The first kappa shape index (κ1) is 10.0. The molecular formula is C14H9Br. The molecule has 0 aliphatic rings. The number of halogens is 1. The summed E-state index contributed by atoms with van der Waals surface area (Å²) in [5.41, 5.74) is 3.22. The average Bonchev–Trinajstić information content (AvgIpc) is 2.29. The minimum Gasteiger partial charge on any atom is -0.115 e. The van der Waals surface area contributed by atoms with E-state index in [1.807, 2.05) is 30.3 Å². The summed E-state index contributed by atoms with van der Waals surface area (Å²) < 4.78 is 1.08. The molecule has 0 atom stereocenters. The van der Waals surface area contributed by atoms with Crippen molar-refractivity contribution in [3.8, 4) is 23.5 Å². The average molecular weight is 257 g/mol. The maximum Gasteiger partial charge on any atom is 0.0248 e. The molecule has 0 amide bonds. The molecule has 2 rings (SSSR count). The van der Waals surface area contributed by atoms with Crippen molar-refractivity contribution in [1.29, 1.82) is 0 Å². The molecule has 0 saturated carbocycles. The van der Waals surface area contributed by atoms with Crippen molar-refractivity contribution >= 4 is 15.9 Å². The highest BCUT2D eigenvalue weighted by Crippen LogP contribution is 2.23. The fourth-order valence-electron chi connectivity index (χ4n) is 1.46. The molecule has 2 aromatic carbocycles. The molecule has 0 bridgehead atoms. The molecular weight excluding hydrogens is 248 g/mol. The second-order valence-corrected chi connectivity index (χ2v) is 4.15. The highest BCUT2D eigenvalue weighted by molar-refractivity contribution is 9.10. The molecule has 0 aliphatic carbocycles. The Labute approximate surface area is 98.1 Å². The van der Waals surface area contributed by atoms with E-state index >= 15 is 0 Å². The molecule has 72 valence electrons. The molecule has 2 aromatic rings. The van der Waals surface area contributed by atoms with Crippen LogP contribution in [0.3, 0.4) is 0 Å². The molecule has 1 heteroatoms. The van der Waals surface area contributed by atoms with Gasteiger partial charge in [0, 0.05) is 10.0 Å². The van der Waals surface area contributed by atoms with Gasteiger partial charge in [-0.15, -0.1) is 6.42 Å². The lowest BCUT2D eigenvalue weighted by atomic mass is 10.0. The molecule has 0 aromatic heterocycles. The van der Waals surface area contributed by atoms with Crippen LogP contribution < -0.4 is 0 Å². The third-order valence-corrected chi connectivity index (χ3v) is 2.68. The summed E-state index contributed by atoms with van der Waals surface area (Å²) in [5.74, 6) is 2.64. The van der Waals surface area contributed by atoms with E-state index in [1.54, 1.807) is 0 Å². The second-order valence-electron chi connectivity index (χ2n) is 3.24. The highest BCUT2D eigenvalue weighted by Gasteiger charge is 1.98. The Morgan fingerprint density at radius 1 is 0.933 bits per heavy atom. The number of benzene rings is 2. The molecule has 0 N–H and O–H groups in total. The van der Waals surface area contributed by atoms with Gasteiger partial charge in [-0.1, -0.05) is 46.1 Å². The second kappa shape index (κ2) is 4.33. The van der Waals surface area contributed by atoms with Gasteiger partial charge in [-0.25, -0.2) is 0 Å². The standard InChI is InChI=1S/C14H9Br/c1-2-11-5-3-6-12(9-11)13-7-4-8-14(15)10-13/h1,3-10H. The minimum absolute atomic E-state index is 0.910. The summed E-state index contributed by atoms with van der Waals surface area (Å²) >= 11 is 3.45. The predicted molar refractivity (Wildman–Crippen MR) is 67.5 cm³/mol. The number of terminal acetylenes is 1. The lowest BCUT2D eigenvalue weighted by Gasteiger charge is -2.02. The molecule has 0 fully saturated rings. The summed E-state index contributed by atoms with van der Waals surface area (Å²) in [6, 6.07) is 16.2. The summed E-state index contributed by atoms with van der Waals surface area (Å²) in [6.45, 7) is 0. The fourth-order valence-corrected chi connectivity index (χ4v) is 1.86. The molecule has 0 nitrogen and oxygen atoms in total. The van der Waals surface area contributed by atoms with Gasteiger partial charge in [-0.2, -0.15) is 0 Å². The van der Waals surface area contributed by atoms with E-state index in [0.29, 0.717) is 0 Å². The SMILES string of the molecule is C#Cc1cccc(-c2cccc(Br)c2)c1. The lowest BCUT2D eigenvalue weighted by molar-refractivity contribution is 1.57. The molecule has 0 heterocycles. The molecule has 0 unspecified atom stereocenters. The van der Waals surface area contributed by atoms with Crippen molar-refractivity contribution < 1.29 is 0 Å². The largest absolute Gasteiger partial charge is 0.115 e. The van der Waals surface area contributed by atoms with E-state index in [4.69, 9.17) is 6.42 Å². The van der Waals surface area contributed by atoms with Crippen LogP contribution in [0, 0.1) is 12.3 Å². The van der Waals surface area contributed by atoms with Crippen LogP contribution in [0.25, 0.3) is 11.1 Å². The van der Waals surface area contributed by atoms with Gasteiger partial charge in [0.05, 0.1) is 0 Å². The Morgan fingerprint density at radius 2 is 1.60 bits per heavy atom. The zero-order valence-corrected chi connectivity index (χ0v) is 9.66. The first-order valence-corrected chi connectivity index (χ1v) is 5.41. The van der Waals surface area contributed by atoms with Gasteiger partial charge >= 0.3 is 0 Å². The van der Waals surface area contributed by atoms with Gasteiger partial charge in [0.15, 0.2) is 0 Å². The topological polar surface area (TPSA) is 0 Å². The zero-order chi connectivity index (χ0) is 10.7. The first-order valence-electron chi connectivity index (χ1n) is 4.62. The maximum atomic E-state index is 5.37. The Balaban J connectivity index is 2.50. The Morgan fingerprint density at radius 3 is 2.27 bits per heavy atom. The van der Waals surface area contributed by atoms with E-state index in [2.05, 4.69) is 40.0 Å². The fraction of sp³-hybridized carbons (Fsp3) is 0. The van der Waals surface area contributed by atoms with Crippen LogP contribution in [-0.4, -0.2) is 0 Å². The maximum absolute atomic E-state index is 5.37. The van der Waals surface area contributed by atoms with E-state index in [9.17, 15) is 0 Å². The normalized spacial score (nSPS) is 9.60. The third-order valence-electron chi connectivity index (χ3n) is 2.19. The smallest absolute Gasteiger partial charge is 0.0248 e. The zero-order valence-electron chi connectivity index (χ0n) is 8.07. The van der Waals surface area contributed by atoms with Crippen LogP contribution in [0.2, 0.25) is 0 Å². The molecule has 0 aliphatic heterocycles. The molecule has 0 spiro atoms. The van der Waals surface area contributed by atoms with E-state index in [1.165, 1.54) is 5.56 Å². The van der Waals surface area contributed by atoms with Gasteiger partial charge in [0.1, 0.15) is 0 Å². The van der Waals surface area contributed by atoms with Gasteiger partial charge in [0.25, 0.3) is 0 Å². The van der Waals surface area contributed by atoms with Gasteiger partial charge < -0.3 is 0 Å². The van der Waals surface area contributed by atoms with E-state index < -0.39 is 0 Å². The Kier molecular flexibility index (Phi) is 2.89. The molecule has 0 saturated heterocycles. The molecule has 0 radical (unpaired) electrons. The van der Waals surface area contributed by atoms with Crippen LogP contribution in [0.1, 0.15) is 5.56 Å². The van der Waals surface area contributed by atoms with Crippen LogP contribution >= 0.6 is 15.9 Å². The number of hydrogen-bond donors (Lipinski definition) is 0. The number of rotatable bonds is 1. The third kappa shape index (κ3) is 2.29. The highest BCUT2D eigenvalue weighted by atomic mass is 79.9. The van der Waals surface area contributed by atoms with Gasteiger partial charge in [-0.05, 0) is 35.4 Å². The lowest BCUT2D eigenvalue weighted by Crippen LogP contribution is -1.79. The van der Waals surface area contributed by atoms with Crippen LogP contribution in [0.15, 0.2) is 53.0 Å². The predicted octanol–water partition coefficient (Wildman–Crippen LogP) is 4.10. The summed E-state index contributed by atoms with van der Waals surface area (Å²) in [7, 11) is 0. The van der Waals surface area contributed by atoms with Gasteiger partial charge in [-0.3, -0.25) is 0 Å². The Bertz CT molecular complexity index is 521. The van der Waals surface area contributed by atoms with Crippen molar-refractivity contribution in [2.75, 3.05) is 0 Å². The summed E-state index contributed by atoms with van der Waals surface area (Å²) in [6.07, 6.45) is 5.37. The van der Waals surface area contributed by atoms with Crippen molar-refractivity contribution in [3.63, 3.8) is 0 Å². The van der Waals surface area contributed by atoms with Crippen molar-refractivity contribution in [2.45, 2.75) is 0 Å². The minimum atomic E-state index is 0.910. The van der Waals surface area contributed by atoms with E-state index in [-0.39, 0.29) is 0 Å². The van der Waals surface area contributed by atoms with Crippen molar-refractivity contribution in [3.05, 3.63) is 58.6 Å². The number of hydrogen-bond acceptors (Lipinski definition) is 0.